The Labute approximate surface area is 163 Å². The van der Waals surface area contributed by atoms with Crippen molar-refractivity contribution in [2.75, 3.05) is 5.32 Å². The summed E-state index contributed by atoms with van der Waals surface area (Å²) in [5, 5.41) is 3.52. The Bertz CT molecular complexity index is 928. The van der Waals surface area contributed by atoms with Crippen LogP contribution >= 0.6 is 11.6 Å². The fourth-order valence-electron chi connectivity index (χ4n) is 2.46. The summed E-state index contributed by atoms with van der Waals surface area (Å²) < 4.78 is 11.6. The van der Waals surface area contributed by atoms with Crippen LogP contribution in [0.15, 0.2) is 72.8 Å². The number of carbonyl (C=O) groups excluding carboxylic acids is 1. The molecule has 0 heterocycles. The summed E-state index contributed by atoms with van der Waals surface area (Å²) in [6, 6.07) is 22.0. The van der Waals surface area contributed by atoms with Gasteiger partial charge in [-0.2, -0.15) is 0 Å². The number of halogens is 1. The first kappa shape index (κ1) is 18.8. The number of benzene rings is 3. The van der Waals surface area contributed by atoms with Crippen molar-refractivity contribution < 1.29 is 14.3 Å². The van der Waals surface area contributed by atoms with E-state index in [1.54, 1.807) is 37.3 Å². The van der Waals surface area contributed by atoms with Gasteiger partial charge in [0.2, 0.25) is 0 Å². The maximum Gasteiger partial charge on any atom is 0.265 e. The summed E-state index contributed by atoms with van der Waals surface area (Å²) in [6.07, 6.45) is -0.685. The summed E-state index contributed by atoms with van der Waals surface area (Å²) in [6.45, 7) is 3.58. The molecular weight excluding hydrogens is 362 g/mol. The van der Waals surface area contributed by atoms with Crippen molar-refractivity contribution in [2.45, 2.75) is 20.0 Å². The number of aryl methyl sites for hydroxylation is 1. The number of ether oxygens (including phenoxy) is 2. The topological polar surface area (TPSA) is 47.6 Å². The summed E-state index contributed by atoms with van der Waals surface area (Å²) in [7, 11) is 0. The van der Waals surface area contributed by atoms with E-state index in [4.69, 9.17) is 21.1 Å². The summed E-state index contributed by atoms with van der Waals surface area (Å²) >= 11 is 6.02. The van der Waals surface area contributed by atoms with Crippen molar-refractivity contribution >= 4 is 23.2 Å². The molecule has 0 fully saturated rings. The monoisotopic (exact) mass is 381 g/mol. The predicted octanol–water partition coefficient (Wildman–Crippen LogP) is 5.85. The van der Waals surface area contributed by atoms with E-state index >= 15 is 0 Å². The zero-order valence-corrected chi connectivity index (χ0v) is 15.9. The first-order valence-electron chi connectivity index (χ1n) is 8.58. The van der Waals surface area contributed by atoms with Gasteiger partial charge in [-0.1, -0.05) is 41.9 Å². The van der Waals surface area contributed by atoms with Gasteiger partial charge >= 0.3 is 0 Å². The van der Waals surface area contributed by atoms with Crippen LogP contribution in [0, 0.1) is 6.92 Å². The SMILES string of the molecule is Cc1cc(O[C@H](C)C(=O)Nc2ccccc2Oc2ccccc2)ccc1Cl. The fourth-order valence-corrected chi connectivity index (χ4v) is 2.57. The zero-order chi connectivity index (χ0) is 19.2. The minimum atomic E-state index is -0.685. The van der Waals surface area contributed by atoms with Crippen molar-refractivity contribution in [2.24, 2.45) is 0 Å². The minimum absolute atomic E-state index is 0.272. The van der Waals surface area contributed by atoms with Crippen LogP contribution in [0.4, 0.5) is 5.69 Å². The summed E-state index contributed by atoms with van der Waals surface area (Å²) in [4.78, 5) is 12.6. The van der Waals surface area contributed by atoms with E-state index in [1.165, 1.54) is 0 Å². The third-order valence-corrected chi connectivity index (χ3v) is 4.35. The highest BCUT2D eigenvalue weighted by Gasteiger charge is 2.17. The number of para-hydroxylation sites is 3. The largest absolute Gasteiger partial charge is 0.481 e. The molecule has 0 bridgehead atoms. The number of hydrogen-bond donors (Lipinski definition) is 1. The second-order valence-electron chi connectivity index (χ2n) is 6.07. The molecule has 3 aromatic rings. The van der Waals surface area contributed by atoms with Crippen LogP contribution in [0.25, 0.3) is 0 Å². The standard InChI is InChI=1S/C22H20ClNO3/c1-15-14-18(12-13-19(15)23)26-16(2)22(25)24-20-10-6-7-11-21(20)27-17-8-4-3-5-9-17/h3-14,16H,1-2H3,(H,24,25)/t16-/m1/s1. The number of nitrogens with one attached hydrogen (secondary N) is 1. The third kappa shape index (κ3) is 5.02. The van der Waals surface area contributed by atoms with Crippen molar-refractivity contribution in [3.05, 3.63) is 83.4 Å². The zero-order valence-electron chi connectivity index (χ0n) is 15.1. The smallest absolute Gasteiger partial charge is 0.265 e. The van der Waals surface area contributed by atoms with E-state index in [1.807, 2.05) is 49.4 Å². The van der Waals surface area contributed by atoms with Gasteiger partial charge in [0.15, 0.2) is 11.9 Å². The molecule has 0 aliphatic heterocycles. The normalized spacial score (nSPS) is 11.5. The molecule has 3 rings (SSSR count). The van der Waals surface area contributed by atoms with E-state index in [-0.39, 0.29) is 5.91 Å². The lowest BCUT2D eigenvalue weighted by atomic mass is 10.2. The lowest BCUT2D eigenvalue weighted by molar-refractivity contribution is -0.122. The Morgan fingerprint density at radius 3 is 2.41 bits per heavy atom. The highest BCUT2D eigenvalue weighted by molar-refractivity contribution is 6.31. The maximum atomic E-state index is 12.6. The molecule has 5 heteroatoms. The van der Waals surface area contributed by atoms with Crippen molar-refractivity contribution in [1.82, 2.24) is 0 Å². The molecule has 27 heavy (non-hydrogen) atoms. The van der Waals surface area contributed by atoms with Crippen LogP contribution < -0.4 is 14.8 Å². The van der Waals surface area contributed by atoms with E-state index in [2.05, 4.69) is 5.32 Å². The van der Waals surface area contributed by atoms with Crippen molar-refractivity contribution in [3.63, 3.8) is 0 Å². The van der Waals surface area contributed by atoms with Crippen molar-refractivity contribution in [3.8, 4) is 17.2 Å². The molecule has 0 spiro atoms. The highest BCUT2D eigenvalue weighted by atomic mass is 35.5. The average molecular weight is 382 g/mol. The quantitative estimate of drug-likeness (QED) is 0.582. The molecule has 0 unspecified atom stereocenters. The van der Waals surface area contributed by atoms with Gasteiger partial charge in [0, 0.05) is 5.02 Å². The van der Waals surface area contributed by atoms with Crippen LogP contribution in [0.2, 0.25) is 5.02 Å². The number of hydrogen-bond acceptors (Lipinski definition) is 3. The molecule has 0 aliphatic rings. The molecule has 1 amide bonds. The van der Waals surface area contributed by atoms with Gasteiger partial charge in [0.05, 0.1) is 5.69 Å². The molecule has 1 atom stereocenters. The molecular formula is C22H20ClNO3. The van der Waals surface area contributed by atoms with Gasteiger partial charge < -0.3 is 14.8 Å². The van der Waals surface area contributed by atoms with E-state index in [0.717, 1.165) is 5.56 Å². The molecule has 0 saturated carbocycles. The average Bonchev–Trinajstić information content (AvgIpc) is 2.67. The highest BCUT2D eigenvalue weighted by Crippen LogP contribution is 2.29. The predicted molar refractivity (Wildman–Crippen MR) is 108 cm³/mol. The Morgan fingerprint density at radius 2 is 1.67 bits per heavy atom. The molecule has 4 nitrogen and oxygen atoms in total. The van der Waals surface area contributed by atoms with Crippen LogP contribution in [0.3, 0.4) is 0 Å². The van der Waals surface area contributed by atoms with Crippen molar-refractivity contribution in [1.29, 1.82) is 0 Å². The second kappa shape index (κ2) is 8.60. The minimum Gasteiger partial charge on any atom is -0.481 e. The van der Waals surface area contributed by atoms with E-state index < -0.39 is 6.10 Å². The maximum absolute atomic E-state index is 12.6. The first-order chi connectivity index (χ1) is 13.0. The van der Waals surface area contributed by atoms with E-state index in [0.29, 0.717) is 28.0 Å². The lowest BCUT2D eigenvalue weighted by Gasteiger charge is -2.17. The number of anilines is 1. The Hall–Kier alpha value is -2.98. The molecule has 0 saturated heterocycles. The van der Waals surface area contributed by atoms with Crippen LogP contribution in [-0.4, -0.2) is 12.0 Å². The van der Waals surface area contributed by atoms with Gasteiger partial charge in [-0.05, 0) is 61.9 Å². The molecule has 0 aromatic heterocycles. The van der Waals surface area contributed by atoms with Crippen LogP contribution in [0.5, 0.6) is 17.2 Å². The Morgan fingerprint density at radius 1 is 0.963 bits per heavy atom. The summed E-state index contributed by atoms with van der Waals surface area (Å²) in [5.41, 5.74) is 1.47. The van der Waals surface area contributed by atoms with Crippen LogP contribution in [0.1, 0.15) is 12.5 Å². The molecule has 138 valence electrons. The van der Waals surface area contributed by atoms with Gasteiger partial charge in [0.1, 0.15) is 11.5 Å². The molecule has 0 aliphatic carbocycles. The molecule has 1 N–H and O–H groups in total. The molecule has 0 radical (unpaired) electrons. The van der Waals surface area contributed by atoms with Gasteiger partial charge in [0.25, 0.3) is 5.91 Å². The van der Waals surface area contributed by atoms with Gasteiger partial charge in [-0.25, -0.2) is 0 Å². The number of rotatable bonds is 6. The Kier molecular flexibility index (Phi) is 5.99. The third-order valence-electron chi connectivity index (χ3n) is 3.93. The number of amides is 1. The Balaban J connectivity index is 1.69. The second-order valence-corrected chi connectivity index (χ2v) is 6.48. The first-order valence-corrected chi connectivity index (χ1v) is 8.96. The van der Waals surface area contributed by atoms with Gasteiger partial charge in [-0.15, -0.1) is 0 Å². The molecule has 3 aromatic carbocycles. The summed E-state index contributed by atoms with van der Waals surface area (Å²) in [5.74, 6) is 1.58. The number of carbonyl (C=O) groups is 1. The van der Waals surface area contributed by atoms with E-state index in [9.17, 15) is 4.79 Å². The van der Waals surface area contributed by atoms with Gasteiger partial charge in [-0.3, -0.25) is 4.79 Å². The lowest BCUT2D eigenvalue weighted by Crippen LogP contribution is -2.30. The van der Waals surface area contributed by atoms with Crippen LogP contribution in [-0.2, 0) is 4.79 Å². The fraction of sp³-hybridized carbons (Fsp3) is 0.136.